The van der Waals surface area contributed by atoms with E-state index in [9.17, 15) is 9.59 Å². The number of allylic oxidation sites excluding steroid dienone is 1. The van der Waals surface area contributed by atoms with Crippen LogP contribution in [0.25, 0.3) is 28.2 Å². The van der Waals surface area contributed by atoms with Crippen LogP contribution in [0.15, 0.2) is 84.4 Å². The molecule has 2 aromatic carbocycles. The zero-order valence-electron chi connectivity index (χ0n) is 28.0. The Morgan fingerprint density at radius 1 is 0.979 bits per heavy atom. The third-order valence-corrected chi connectivity index (χ3v) is 8.57. The SMILES string of the molecule is C[C@@H](c1ncc(-c2ccc(-c3ncc(C4=CN=C([C@@H]5CCCN5C(=O)OC(C)(C)C)C4)cn3)cc2)[nH]1)N(C)C(=O)OCc1ccccc1. The van der Waals surface area contributed by atoms with E-state index in [2.05, 4.69) is 24.9 Å². The van der Waals surface area contributed by atoms with Crippen LogP contribution in [0.1, 0.15) is 70.0 Å². The second kappa shape index (κ2) is 13.8. The number of nitrogens with one attached hydrogen (secondary N) is 1. The highest BCUT2D eigenvalue weighted by molar-refractivity contribution is 6.02. The van der Waals surface area contributed by atoms with Gasteiger partial charge in [0.05, 0.1) is 24.0 Å². The van der Waals surface area contributed by atoms with Gasteiger partial charge in [-0.1, -0.05) is 54.6 Å². The van der Waals surface area contributed by atoms with Gasteiger partial charge in [-0.05, 0) is 57.2 Å². The van der Waals surface area contributed by atoms with Gasteiger partial charge >= 0.3 is 12.2 Å². The van der Waals surface area contributed by atoms with Crippen LogP contribution in [0.4, 0.5) is 9.59 Å². The molecule has 4 aromatic rings. The number of aliphatic imine (C=N–C) groups is 1. The fraction of sp³-hybridized carbons (Fsp3) is 0.351. The Morgan fingerprint density at radius 3 is 2.40 bits per heavy atom. The molecule has 1 N–H and O–H groups in total. The molecule has 2 aliphatic heterocycles. The number of H-pyrrole nitrogens is 1. The Hall–Kier alpha value is -5.32. The number of hydrogen-bond acceptors (Lipinski definition) is 8. The van der Waals surface area contributed by atoms with Crippen molar-refractivity contribution < 1.29 is 19.1 Å². The summed E-state index contributed by atoms with van der Waals surface area (Å²) in [7, 11) is 1.70. The highest BCUT2D eigenvalue weighted by Crippen LogP contribution is 2.31. The van der Waals surface area contributed by atoms with Crippen molar-refractivity contribution in [3.8, 4) is 22.6 Å². The summed E-state index contributed by atoms with van der Waals surface area (Å²) in [6.45, 7) is 8.43. The Morgan fingerprint density at radius 2 is 1.69 bits per heavy atom. The van der Waals surface area contributed by atoms with Gasteiger partial charge in [-0.3, -0.25) is 9.89 Å². The van der Waals surface area contributed by atoms with E-state index < -0.39 is 11.7 Å². The van der Waals surface area contributed by atoms with E-state index in [0.29, 0.717) is 24.6 Å². The normalized spacial score (nSPS) is 16.7. The smallest absolute Gasteiger partial charge is 0.410 e. The lowest BCUT2D eigenvalue weighted by atomic mass is 10.0. The van der Waals surface area contributed by atoms with Crippen molar-refractivity contribution in [2.45, 2.75) is 71.2 Å². The molecule has 2 aromatic heterocycles. The molecular formula is C37H41N7O4. The third kappa shape index (κ3) is 7.46. The summed E-state index contributed by atoms with van der Waals surface area (Å²) in [5, 5.41) is 0. The fourth-order valence-corrected chi connectivity index (χ4v) is 5.78. The van der Waals surface area contributed by atoms with E-state index in [-0.39, 0.29) is 24.8 Å². The molecule has 248 valence electrons. The minimum atomic E-state index is -0.537. The highest BCUT2D eigenvalue weighted by Gasteiger charge is 2.36. The Kier molecular flexibility index (Phi) is 9.38. The zero-order valence-corrected chi connectivity index (χ0v) is 28.0. The first-order valence-corrected chi connectivity index (χ1v) is 16.2. The molecule has 2 amide bonds. The van der Waals surface area contributed by atoms with Crippen molar-refractivity contribution in [2.24, 2.45) is 4.99 Å². The predicted molar refractivity (Wildman–Crippen MR) is 184 cm³/mol. The summed E-state index contributed by atoms with van der Waals surface area (Å²) in [6.07, 6.45) is 9.02. The molecule has 2 atom stereocenters. The lowest BCUT2D eigenvalue weighted by molar-refractivity contribution is 0.0265. The number of rotatable bonds is 8. The minimum Gasteiger partial charge on any atom is -0.445 e. The first-order valence-electron chi connectivity index (χ1n) is 16.2. The molecule has 1 fully saturated rings. The predicted octanol–water partition coefficient (Wildman–Crippen LogP) is 7.45. The van der Waals surface area contributed by atoms with Gasteiger partial charge in [0.2, 0.25) is 0 Å². The van der Waals surface area contributed by atoms with E-state index in [1.165, 1.54) is 4.90 Å². The number of ether oxygens (including phenoxy) is 2. The van der Waals surface area contributed by atoms with Gasteiger partial charge in [0.1, 0.15) is 18.0 Å². The summed E-state index contributed by atoms with van der Waals surface area (Å²) >= 11 is 0. The molecule has 0 aliphatic carbocycles. The van der Waals surface area contributed by atoms with Gasteiger partial charge in [0.15, 0.2) is 5.82 Å². The Balaban J connectivity index is 1.04. The lowest BCUT2D eigenvalue weighted by Crippen LogP contribution is -2.43. The van der Waals surface area contributed by atoms with Gasteiger partial charge in [-0.25, -0.2) is 24.5 Å². The molecule has 6 rings (SSSR count). The van der Waals surface area contributed by atoms with Crippen LogP contribution in [-0.2, 0) is 16.1 Å². The number of hydrogen-bond donors (Lipinski definition) is 1. The number of imidazole rings is 1. The summed E-state index contributed by atoms with van der Waals surface area (Å²) < 4.78 is 11.1. The Bertz CT molecular complexity index is 1810. The monoisotopic (exact) mass is 647 g/mol. The number of likely N-dealkylation sites (tertiary alicyclic amines) is 1. The van der Waals surface area contributed by atoms with Crippen LogP contribution in [0, 0.1) is 0 Å². The molecule has 4 heterocycles. The molecule has 2 aliphatic rings. The molecule has 0 spiro atoms. The van der Waals surface area contributed by atoms with E-state index in [0.717, 1.165) is 52.1 Å². The maximum Gasteiger partial charge on any atom is 0.410 e. The molecule has 48 heavy (non-hydrogen) atoms. The number of aromatic amines is 1. The topological polar surface area (TPSA) is 126 Å². The summed E-state index contributed by atoms with van der Waals surface area (Å²) in [5.41, 5.74) is 5.97. The maximum atomic E-state index is 12.8. The van der Waals surface area contributed by atoms with E-state index in [1.54, 1.807) is 18.1 Å². The van der Waals surface area contributed by atoms with Crippen molar-refractivity contribution in [2.75, 3.05) is 13.6 Å². The molecule has 11 nitrogen and oxygen atoms in total. The Labute approximate surface area is 280 Å². The maximum absolute atomic E-state index is 12.8. The highest BCUT2D eigenvalue weighted by atomic mass is 16.6. The van der Waals surface area contributed by atoms with Crippen LogP contribution < -0.4 is 0 Å². The molecule has 11 heteroatoms. The first kappa shape index (κ1) is 32.6. The van der Waals surface area contributed by atoms with Crippen molar-refractivity contribution in [1.82, 2.24) is 29.7 Å². The number of carbonyl (C=O) groups is 2. The third-order valence-electron chi connectivity index (χ3n) is 8.57. The molecule has 0 unspecified atom stereocenters. The van der Waals surface area contributed by atoms with Gasteiger partial charge in [-0.15, -0.1) is 0 Å². The number of aromatic nitrogens is 4. The minimum absolute atomic E-state index is 0.0520. The number of carbonyl (C=O) groups excluding carboxylic acids is 2. The number of amides is 2. The average Bonchev–Trinajstić information content (AvgIpc) is 3.88. The van der Waals surface area contributed by atoms with Crippen LogP contribution >= 0.6 is 0 Å². The van der Waals surface area contributed by atoms with Gasteiger partial charge in [0.25, 0.3) is 0 Å². The summed E-state index contributed by atoms with van der Waals surface area (Å²) in [6, 6.07) is 17.2. The van der Waals surface area contributed by atoms with Crippen molar-refractivity contribution in [1.29, 1.82) is 0 Å². The van der Waals surface area contributed by atoms with E-state index in [4.69, 9.17) is 9.47 Å². The summed E-state index contributed by atoms with van der Waals surface area (Å²) in [4.78, 5) is 50.6. The molecule has 0 radical (unpaired) electrons. The molecule has 1 saturated heterocycles. The van der Waals surface area contributed by atoms with Crippen molar-refractivity contribution >= 4 is 23.5 Å². The average molecular weight is 648 g/mol. The van der Waals surface area contributed by atoms with Gasteiger partial charge < -0.3 is 19.4 Å². The first-order chi connectivity index (χ1) is 23.1. The second-order valence-corrected chi connectivity index (χ2v) is 13.2. The van der Waals surface area contributed by atoms with Crippen LogP contribution in [0.3, 0.4) is 0 Å². The fourth-order valence-electron chi connectivity index (χ4n) is 5.78. The summed E-state index contributed by atoms with van der Waals surface area (Å²) in [5.74, 6) is 1.28. The van der Waals surface area contributed by atoms with Gasteiger partial charge in [0, 0.05) is 55.4 Å². The van der Waals surface area contributed by atoms with Crippen LogP contribution in [0.5, 0.6) is 0 Å². The zero-order chi connectivity index (χ0) is 33.8. The second-order valence-electron chi connectivity index (χ2n) is 13.2. The molecular weight excluding hydrogens is 606 g/mol. The molecule has 0 bridgehead atoms. The molecule has 0 saturated carbocycles. The van der Waals surface area contributed by atoms with Crippen LogP contribution in [-0.4, -0.2) is 72.9 Å². The number of benzene rings is 2. The van der Waals surface area contributed by atoms with Crippen molar-refractivity contribution in [3.05, 3.63) is 96.3 Å². The van der Waals surface area contributed by atoms with Crippen LogP contribution in [0.2, 0.25) is 0 Å². The van der Waals surface area contributed by atoms with Crippen molar-refractivity contribution in [3.63, 3.8) is 0 Å². The van der Waals surface area contributed by atoms with E-state index in [1.807, 2.05) is 101 Å². The quantitative estimate of drug-likeness (QED) is 0.211. The lowest BCUT2D eigenvalue weighted by Gasteiger charge is -2.28. The number of nitrogens with zero attached hydrogens (tertiary/aromatic N) is 6. The largest absolute Gasteiger partial charge is 0.445 e. The van der Waals surface area contributed by atoms with E-state index >= 15 is 0 Å². The van der Waals surface area contributed by atoms with Gasteiger partial charge in [-0.2, -0.15) is 0 Å². The standard InChI is InChI=1S/C37H41N7O4/c1-24(43(5)35(45)47-23-25-10-7-6-8-11-25)33-41-22-31(42-33)26-13-15-27(16-14-26)34-39-20-29(21-40-34)28-18-30(38-19-28)32-12-9-17-44(32)36(46)48-37(2,3)4/h6-8,10-11,13-16,19-22,24,32H,9,12,17-18,23H2,1-5H3,(H,41,42)/t24-,32-/m0/s1.